The standard InChI is InChI=1S/C9H8ClNO4/c10-8-6(12)2-4(3-7(8)13)1-5(11)9(14)15/h1-3,12-13H,11H2,(H,14,15)/b5-1-. The van der Waals surface area contributed by atoms with Crippen molar-refractivity contribution in [3.63, 3.8) is 0 Å². The van der Waals surface area contributed by atoms with Gasteiger partial charge in [0.15, 0.2) is 0 Å². The van der Waals surface area contributed by atoms with Crippen LogP contribution in [-0.2, 0) is 4.79 Å². The van der Waals surface area contributed by atoms with Crippen molar-refractivity contribution in [3.8, 4) is 11.5 Å². The summed E-state index contributed by atoms with van der Waals surface area (Å²) in [6, 6.07) is 2.38. The van der Waals surface area contributed by atoms with E-state index < -0.39 is 11.7 Å². The van der Waals surface area contributed by atoms with Gasteiger partial charge in [0.25, 0.3) is 0 Å². The van der Waals surface area contributed by atoms with E-state index in [0.717, 1.165) is 6.08 Å². The van der Waals surface area contributed by atoms with Crippen molar-refractivity contribution in [3.05, 3.63) is 28.4 Å². The number of aromatic hydroxyl groups is 2. The Morgan fingerprint density at radius 2 is 1.80 bits per heavy atom. The number of benzene rings is 1. The number of halogens is 1. The Morgan fingerprint density at radius 3 is 2.20 bits per heavy atom. The largest absolute Gasteiger partial charge is 0.506 e. The maximum atomic E-state index is 10.4. The first-order valence-corrected chi connectivity index (χ1v) is 4.21. The number of phenolic OH excluding ortho intramolecular Hbond substituents is 2. The molecule has 0 heterocycles. The molecule has 0 aliphatic rings. The monoisotopic (exact) mass is 229 g/mol. The highest BCUT2D eigenvalue weighted by Crippen LogP contribution is 2.33. The van der Waals surface area contributed by atoms with Gasteiger partial charge in [0.1, 0.15) is 22.2 Å². The summed E-state index contributed by atoms with van der Waals surface area (Å²) in [6.07, 6.45) is 1.10. The molecule has 5 N–H and O–H groups in total. The molecule has 0 saturated carbocycles. The summed E-state index contributed by atoms with van der Waals surface area (Å²) in [5, 5.41) is 26.7. The summed E-state index contributed by atoms with van der Waals surface area (Å²) >= 11 is 5.48. The number of carbonyl (C=O) groups is 1. The molecule has 0 unspecified atom stereocenters. The summed E-state index contributed by atoms with van der Waals surface area (Å²) in [5.74, 6) is -1.98. The Labute approximate surface area is 90.0 Å². The van der Waals surface area contributed by atoms with E-state index in [0.29, 0.717) is 0 Å². The van der Waals surface area contributed by atoms with Gasteiger partial charge >= 0.3 is 5.97 Å². The van der Waals surface area contributed by atoms with Crippen molar-refractivity contribution in [2.24, 2.45) is 5.73 Å². The number of hydrogen-bond acceptors (Lipinski definition) is 4. The highest BCUT2D eigenvalue weighted by atomic mass is 35.5. The first-order valence-electron chi connectivity index (χ1n) is 3.83. The average molecular weight is 230 g/mol. The SMILES string of the molecule is N/C(=C\c1cc(O)c(Cl)c(O)c1)C(=O)O. The number of phenols is 2. The van der Waals surface area contributed by atoms with E-state index in [1.165, 1.54) is 12.1 Å². The first-order chi connectivity index (χ1) is 6.91. The van der Waals surface area contributed by atoms with Crippen molar-refractivity contribution in [1.82, 2.24) is 0 Å². The second-order valence-electron chi connectivity index (χ2n) is 2.78. The highest BCUT2D eigenvalue weighted by Gasteiger charge is 2.07. The molecule has 6 heteroatoms. The fourth-order valence-corrected chi connectivity index (χ4v) is 1.05. The van der Waals surface area contributed by atoms with Gasteiger partial charge in [-0.3, -0.25) is 0 Å². The number of nitrogens with two attached hydrogens (primary N) is 1. The van der Waals surface area contributed by atoms with Gasteiger partial charge in [-0.15, -0.1) is 0 Å². The van der Waals surface area contributed by atoms with E-state index in [-0.39, 0.29) is 22.1 Å². The minimum Gasteiger partial charge on any atom is -0.506 e. The molecule has 0 atom stereocenters. The van der Waals surface area contributed by atoms with E-state index in [4.69, 9.17) is 22.4 Å². The van der Waals surface area contributed by atoms with E-state index in [1.54, 1.807) is 0 Å². The summed E-state index contributed by atoms with van der Waals surface area (Å²) in [5.41, 5.74) is 4.99. The summed E-state index contributed by atoms with van der Waals surface area (Å²) < 4.78 is 0. The maximum absolute atomic E-state index is 10.4. The Bertz CT molecular complexity index is 419. The van der Waals surface area contributed by atoms with E-state index in [2.05, 4.69) is 0 Å². The molecule has 80 valence electrons. The fraction of sp³-hybridized carbons (Fsp3) is 0. The third-order valence-electron chi connectivity index (χ3n) is 1.63. The molecule has 1 aromatic rings. The van der Waals surface area contributed by atoms with Gasteiger partial charge in [-0.05, 0) is 23.8 Å². The molecular weight excluding hydrogens is 222 g/mol. The topological polar surface area (TPSA) is 104 Å². The van der Waals surface area contributed by atoms with Gasteiger partial charge in [-0.2, -0.15) is 0 Å². The van der Waals surface area contributed by atoms with Crippen molar-refractivity contribution >= 4 is 23.6 Å². The molecule has 5 nitrogen and oxygen atoms in total. The third kappa shape index (κ3) is 2.54. The Balaban J connectivity index is 3.18. The van der Waals surface area contributed by atoms with Crippen molar-refractivity contribution in [2.75, 3.05) is 0 Å². The molecule has 0 amide bonds. The average Bonchev–Trinajstić information content (AvgIpc) is 2.13. The van der Waals surface area contributed by atoms with Crippen LogP contribution in [-0.4, -0.2) is 21.3 Å². The molecule has 0 aliphatic carbocycles. The normalized spacial score (nSPS) is 11.4. The molecule has 0 bridgehead atoms. The Morgan fingerprint density at radius 1 is 1.33 bits per heavy atom. The number of rotatable bonds is 2. The predicted molar refractivity (Wildman–Crippen MR) is 54.6 cm³/mol. The van der Waals surface area contributed by atoms with Crippen LogP contribution in [0.25, 0.3) is 6.08 Å². The van der Waals surface area contributed by atoms with Gasteiger partial charge in [0, 0.05) is 0 Å². The van der Waals surface area contributed by atoms with Crippen LogP contribution >= 0.6 is 11.6 Å². The number of aliphatic carboxylic acids is 1. The summed E-state index contributed by atoms with van der Waals surface area (Å²) in [6.45, 7) is 0. The molecule has 0 aromatic heterocycles. The molecule has 0 radical (unpaired) electrons. The lowest BCUT2D eigenvalue weighted by Crippen LogP contribution is -2.09. The molecule has 0 aliphatic heterocycles. The summed E-state index contributed by atoms with van der Waals surface area (Å²) in [4.78, 5) is 10.4. The second kappa shape index (κ2) is 4.10. The minimum atomic E-state index is -1.29. The minimum absolute atomic E-state index is 0.193. The zero-order valence-electron chi connectivity index (χ0n) is 7.44. The summed E-state index contributed by atoms with van der Waals surface area (Å²) in [7, 11) is 0. The van der Waals surface area contributed by atoms with Crippen LogP contribution in [0.1, 0.15) is 5.56 Å². The molecule has 1 aromatic carbocycles. The van der Waals surface area contributed by atoms with Gasteiger partial charge in [-0.25, -0.2) is 4.79 Å². The van der Waals surface area contributed by atoms with Gasteiger partial charge in [0.2, 0.25) is 0 Å². The van der Waals surface area contributed by atoms with Crippen molar-refractivity contribution < 1.29 is 20.1 Å². The number of carboxylic acid groups (broad SMARTS) is 1. The first kappa shape index (κ1) is 11.2. The molecule has 0 saturated heterocycles. The second-order valence-corrected chi connectivity index (χ2v) is 3.16. The zero-order valence-corrected chi connectivity index (χ0v) is 8.19. The van der Waals surface area contributed by atoms with E-state index in [9.17, 15) is 15.0 Å². The smallest absolute Gasteiger partial charge is 0.351 e. The lowest BCUT2D eigenvalue weighted by atomic mass is 10.1. The lowest BCUT2D eigenvalue weighted by molar-refractivity contribution is -0.132. The predicted octanol–water partition coefficient (Wildman–Crippen LogP) is 1.14. The molecular formula is C9H8ClNO4. The number of carboxylic acids is 1. The van der Waals surface area contributed by atoms with Crippen LogP contribution < -0.4 is 5.73 Å². The van der Waals surface area contributed by atoms with E-state index in [1.807, 2.05) is 0 Å². The Hall–Kier alpha value is -1.88. The van der Waals surface area contributed by atoms with Gasteiger partial charge in [0.05, 0.1) is 0 Å². The third-order valence-corrected chi connectivity index (χ3v) is 2.01. The van der Waals surface area contributed by atoms with Crippen LogP contribution in [0.3, 0.4) is 0 Å². The molecule has 0 fully saturated rings. The van der Waals surface area contributed by atoms with Crippen LogP contribution in [0, 0.1) is 0 Å². The number of hydrogen-bond donors (Lipinski definition) is 4. The van der Waals surface area contributed by atoms with Crippen LogP contribution in [0.15, 0.2) is 17.8 Å². The molecule has 1 rings (SSSR count). The zero-order chi connectivity index (χ0) is 11.6. The maximum Gasteiger partial charge on any atom is 0.351 e. The molecule has 15 heavy (non-hydrogen) atoms. The van der Waals surface area contributed by atoms with Crippen LogP contribution in [0.4, 0.5) is 0 Å². The van der Waals surface area contributed by atoms with Gasteiger partial charge in [-0.1, -0.05) is 11.6 Å². The molecule has 0 spiro atoms. The van der Waals surface area contributed by atoms with Crippen molar-refractivity contribution in [2.45, 2.75) is 0 Å². The van der Waals surface area contributed by atoms with E-state index >= 15 is 0 Å². The quantitative estimate of drug-likeness (QED) is 0.569. The van der Waals surface area contributed by atoms with Crippen molar-refractivity contribution in [1.29, 1.82) is 0 Å². The lowest BCUT2D eigenvalue weighted by Gasteiger charge is -2.02. The Kier molecular flexibility index (Phi) is 3.06. The van der Waals surface area contributed by atoms with Gasteiger partial charge < -0.3 is 21.1 Å². The van der Waals surface area contributed by atoms with Crippen LogP contribution in [0.5, 0.6) is 11.5 Å². The van der Waals surface area contributed by atoms with Crippen LogP contribution in [0.2, 0.25) is 5.02 Å². The fourth-order valence-electron chi connectivity index (χ4n) is 0.940. The highest BCUT2D eigenvalue weighted by molar-refractivity contribution is 6.33.